The fraction of sp³-hybridized carbons (Fsp3) is 0.786. The van der Waals surface area contributed by atoms with E-state index in [0.29, 0.717) is 6.04 Å². The lowest BCUT2D eigenvalue weighted by atomic mass is 10.0. The van der Waals surface area contributed by atoms with Crippen LogP contribution in [0.3, 0.4) is 0 Å². The molecule has 4 heteroatoms. The Balaban J connectivity index is 2.10. The van der Waals surface area contributed by atoms with Gasteiger partial charge in [-0.1, -0.05) is 6.42 Å². The van der Waals surface area contributed by atoms with Crippen LogP contribution in [0.5, 0.6) is 0 Å². The third kappa shape index (κ3) is 3.11. The predicted octanol–water partition coefficient (Wildman–Crippen LogP) is 3.02. The van der Waals surface area contributed by atoms with Crippen molar-refractivity contribution in [1.82, 2.24) is 9.88 Å². The second kappa shape index (κ2) is 5.27. The van der Waals surface area contributed by atoms with E-state index < -0.39 is 0 Å². The van der Waals surface area contributed by atoms with E-state index in [9.17, 15) is 0 Å². The molecule has 0 radical (unpaired) electrons. The van der Waals surface area contributed by atoms with Gasteiger partial charge in [0.2, 0.25) is 0 Å². The number of piperidine rings is 1. The molecule has 2 N–H and O–H groups in total. The van der Waals surface area contributed by atoms with Crippen LogP contribution < -0.4 is 5.73 Å². The Kier molecular flexibility index (Phi) is 4.09. The summed E-state index contributed by atoms with van der Waals surface area (Å²) in [5.41, 5.74) is 7.02. The number of nitrogens with two attached hydrogens (primary N) is 1. The van der Waals surface area contributed by atoms with Gasteiger partial charge in [0.25, 0.3) is 0 Å². The zero-order valence-corrected chi connectivity index (χ0v) is 12.8. The lowest BCUT2D eigenvalue weighted by Gasteiger charge is -2.32. The lowest BCUT2D eigenvalue weighted by Crippen LogP contribution is -2.36. The minimum Gasteiger partial charge on any atom is -0.321 e. The summed E-state index contributed by atoms with van der Waals surface area (Å²) in [5.74, 6) is 0. The first kappa shape index (κ1) is 14.0. The van der Waals surface area contributed by atoms with Gasteiger partial charge in [-0.3, -0.25) is 4.90 Å². The summed E-state index contributed by atoms with van der Waals surface area (Å²) in [4.78, 5) is 8.48. The highest BCUT2D eigenvalue weighted by atomic mass is 32.1. The molecule has 18 heavy (non-hydrogen) atoms. The number of rotatable bonds is 3. The molecule has 2 rings (SSSR count). The standard InChI is InChI=1S/C14H25N3S/c1-10-7-5-6-8-17(10)9-12-16-11(2)13(18-12)14(3,4)15/h10H,5-9,15H2,1-4H3. The van der Waals surface area contributed by atoms with Gasteiger partial charge >= 0.3 is 0 Å². The quantitative estimate of drug-likeness (QED) is 0.915. The van der Waals surface area contributed by atoms with Gasteiger partial charge in [0.15, 0.2) is 0 Å². The van der Waals surface area contributed by atoms with Crippen molar-refractivity contribution in [3.63, 3.8) is 0 Å². The first-order chi connectivity index (χ1) is 8.38. The van der Waals surface area contributed by atoms with Crippen LogP contribution in [0.25, 0.3) is 0 Å². The SMILES string of the molecule is Cc1nc(CN2CCCCC2C)sc1C(C)(C)N. The summed E-state index contributed by atoms with van der Waals surface area (Å²) in [5, 5.41) is 1.22. The van der Waals surface area contributed by atoms with Crippen molar-refractivity contribution in [1.29, 1.82) is 0 Å². The number of hydrogen-bond acceptors (Lipinski definition) is 4. The van der Waals surface area contributed by atoms with Crippen LogP contribution >= 0.6 is 11.3 Å². The second-order valence-electron chi connectivity index (χ2n) is 6.06. The minimum absolute atomic E-state index is 0.270. The maximum absolute atomic E-state index is 6.19. The van der Waals surface area contributed by atoms with Crippen molar-refractivity contribution < 1.29 is 0 Å². The Labute approximate surface area is 114 Å². The predicted molar refractivity (Wildman–Crippen MR) is 77.8 cm³/mol. The van der Waals surface area contributed by atoms with E-state index in [-0.39, 0.29) is 5.54 Å². The van der Waals surface area contributed by atoms with E-state index in [1.807, 2.05) is 0 Å². The molecule has 1 aliphatic heterocycles. The topological polar surface area (TPSA) is 42.2 Å². The number of aryl methyl sites for hydroxylation is 1. The summed E-state index contributed by atoms with van der Waals surface area (Å²) in [6.07, 6.45) is 4.01. The summed E-state index contributed by atoms with van der Waals surface area (Å²) in [6.45, 7) is 10.7. The number of aromatic nitrogens is 1. The van der Waals surface area contributed by atoms with E-state index in [1.165, 1.54) is 35.7 Å². The number of hydrogen-bond donors (Lipinski definition) is 1. The van der Waals surface area contributed by atoms with Crippen molar-refractivity contribution >= 4 is 11.3 Å². The zero-order chi connectivity index (χ0) is 13.3. The van der Waals surface area contributed by atoms with Gasteiger partial charge in [0, 0.05) is 16.5 Å². The maximum Gasteiger partial charge on any atom is 0.107 e. The Morgan fingerprint density at radius 3 is 2.72 bits per heavy atom. The molecule has 0 saturated carbocycles. The molecule has 0 aromatic carbocycles. The molecule has 0 spiro atoms. The third-order valence-corrected chi connectivity index (χ3v) is 5.19. The molecule has 1 saturated heterocycles. The Bertz CT molecular complexity index is 406. The van der Waals surface area contributed by atoms with Crippen molar-refractivity contribution in [3.8, 4) is 0 Å². The Morgan fingerprint density at radius 2 is 2.17 bits per heavy atom. The maximum atomic E-state index is 6.19. The van der Waals surface area contributed by atoms with E-state index in [1.54, 1.807) is 11.3 Å². The molecule has 0 amide bonds. The zero-order valence-electron chi connectivity index (χ0n) is 12.0. The average Bonchev–Trinajstić information content (AvgIpc) is 2.63. The molecule has 1 aromatic heterocycles. The highest BCUT2D eigenvalue weighted by Crippen LogP contribution is 2.29. The highest BCUT2D eigenvalue weighted by Gasteiger charge is 2.24. The van der Waals surface area contributed by atoms with Crippen LogP contribution in [0.2, 0.25) is 0 Å². The summed E-state index contributed by atoms with van der Waals surface area (Å²) in [7, 11) is 0. The Hall–Kier alpha value is -0.450. The van der Waals surface area contributed by atoms with Crippen LogP contribution in [0.15, 0.2) is 0 Å². The molecule has 1 unspecified atom stereocenters. The van der Waals surface area contributed by atoms with Gasteiger partial charge < -0.3 is 5.73 Å². The van der Waals surface area contributed by atoms with Crippen LogP contribution in [-0.4, -0.2) is 22.5 Å². The van der Waals surface area contributed by atoms with Gasteiger partial charge in [-0.2, -0.15) is 0 Å². The molecule has 1 fully saturated rings. The smallest absolute Gasteiger partial charge is 0.107 e. The molecular formula is C14H25N3S. The normalized spacial score (nSPS) is 22.4. The highest BCUT2D eigenvalue weighted by molar-refractivity contribution is 7.11. The first-order valence-electron chi connectivity index (χ1n) is 6.87. The minimum atomic E-state index is -0.270. The summed E-state index contributed by atoms with van der Waals surface area (Å²) < 4.78 is 0. The number of likely N-dealkylation sites (tertiary alicyclic amines) is 1. The molecule has 1 aromatic rings. The number of nitrogens with zero attached hydrogens (tertiary/aromatic N) is 2. The fourth-order valence-electron chi connectivity index (χ4n) is 2.68. The van der Waals surface area contributed by atoms with Crippen LogP contribution in [0.4, 0.5) is 0 Å². The Morgan fingerprint density at radius 1 is 1.44 bits per heavy atom. The monoisotopic (exact) mass is 267 g/mol. The van der Waals surface area contributed by atoms with E-state index in [4.69, 9.17) is 10.7 Å². The molecule has 102 valence electrons. The van der Waals surface area contributed by atoms with Crippen LogP contribution in [0.1, 0.15) is 55.6 Å². The van der Waals surface area contributed by atoms with Crippen molar-refractivity contribution in [3.05, 3.63) is 15.6 Å². The summed E-state index contributed by atoms with van der Waals surface area (Å²) in [6, 6.07) is 0.692. The molecule has 3 nitrogen and oxygen atoms in total. The molecule has 0 aliphatic carbocycles. The molecule has 1 atom stereocenters. The average molecular weight is 267 g/mol. The van der Waals surface area contributed by atoms with Crippen molar-refractivity contribution in [2.45, 2.75) is 65.1 Å². The van der Waals surface area contributed by atoms with Gasteiger partial charge in [-0.25, -0.2) is 4.98 Å². The second-order valence-corrected chi connectivity index (χ2v) is 7.14. The largest absolute Gasteiger partial charge is 0.321 e. The van der Waals surface area contributed by atoms with Gasteiger partial charge in [-0.05, 0) is 47.1 Å². The van der Waals surface area contributed by atoms with Gasteiger partial charge in [-0.15, -0.1) is 11.3 Å². The van der Waals surface area contributed by atoms with Crippen molar-refractivity contribution in [2.24, 2.45) is 5.73 Å². The molecule has 2 heterocycles. The molecule has 1 aliphatic rings. The van der Waals surface area contributed by atoms with Crippen LogP contribution in [-0.2, 0) is 12.1 Å². The van der Waals surface area contributed by atoms with E-state index in [0.717, 1.165) is 12.2 Å². The van der Waals surface area contributed by atoms with Crippen LogP contribution in [0, 0.1) is 6.92 Å². The van der Waals surface area contributed by atoms with E-state index in [2.05, 4.69) is 32.6 Å². The fourth-order valence-corrected chi connectivity index (χ4v) is 3.79. The lowest BCUT2D eigenvalue weighted by molar-refractivity contribution is 0.152. The number of thiazole rings is 1. The van der Waals surface area contributed by atoms with E-state index >= 15 is 0 Å². The molecule has 0 bridgehead atoms. The van der Waals surface area contributed by atoms with Gasteiger partial charge in [0.1, 0.15) is 5.01 Å². The first-order valence-corrected chi connectivity index (χ1v) is 7.69. The molecular weight excluding hydrogens is 242 g/mol. The van der Waals surface area contributed by atoms with Gasteiger partial charge in [0.05, 0.1) is 12.2 Å². The van der Waals surface area contributed by atoms with Crippen molar-refractivity contribution in [2.75, 3.05) is 6.54 Å². The summed E-state index contributed by atoms with van der Waals surface area (Å²) >= 11 is 1.78. The third-order valence-electron chi connectivity index (χ3n) is 3.71.